The van der Waals surface area contributed by atoms with Gasteiger partial charge in [-0.2, -0.15) is 5.10 Å². The summed E-state index contributed by atoms with van der Waals surface area (Å²) in [4.78, 5) is 11.7. The van der Waals surface area contributed by atoms with Crippen molar-refractivity contribution in [2.24, 2.45) is 11.0 Å². The van der Waals surface area contributed by atoms with Gasteiger partial charge in [-0.25, -0.2) is 5.01 Å². The molecule has 0 aliphatic carbocycles. The Bertz CT molecular complexity index is 395. The van der Waals surface area contributed by atoms with E-state index < -0.39 is 0 Å². The lowest BCUT2D eigenvalue weighted by Crippen LogP contribution is -2.19. The zero-order valence-electron chi connectivity index (χ0n) is 8.97. The van der Waals surface area contributed by atoms with Gasteiger partial charge >= 0.3 is 0 Å². The molecule has 0 spiro atoms. The molecular weight excluding hydrogens is 188 g/mol. The number of amides is 1. The minimum absolute atomic E-state index is 0.0601. The molecule has 15 heavy (non-hydrogen) atoms. The van der Waals surface area contributed by atoms with Crippen LogP contribution in [0.1, 0.15) is 20.3 Å². The van der Waals surface area contributed by atoms with E-state index in [1.807, 2.05) is 30.3 Å². The molecule has 1 aliphatic rings. The minimum Gasteiger partial charge on any atom is -0.272 e. The largest absolute Gasteiger partial charge is 0.272 e. The molecular formula is C12H14N2O. The van der Waals surface area contributed by atoms with Crippen LogP contribution in [-0.4, -0.2) is 11.6 Å². The minimum atomic E-state index is 0.0601. The maximum absolute atomic E-state index is 11.7. The number of carbonyl (C=O) groups excluding carboxylic acids is 1. The Morgan fingerprint density at radius 1 is 1.27 bits per heavy atom. The number of benzene rings is 1. The maximum atomic E-state index is 11.7. The first-order chi connectivity index (χ1) is 7.18. The lowest BCUT2D eigenvalue weighted by atomic mass is 10.1. The molecule has 0 unspecified atom stereocenters. The van der Waals surface area contributed by atoms with Crippen molar-refractivity contribution in [2.45, 2.75) is 20.3 Å². The van der Waals surface area contributed by atoms with Gasteiger partial charge in [0.2, 0.25) is 0 Å². The second kappa shape index (κ2) is 3.85. The monoisotopic (exact) mass is 202 g/mol. The number of nitrogens with zero attached hydrogens (tertiary/aromatic N) is 2. The Morgan fingerprint density at radius 3 is 2.47 bits per heavy atom. The van der Waals surface area contributed by atoms with Crippen molar-refractivity contribution in [3.63, 3.8) is 0 Å². The highest BCUT2D eigenvalue weighted by Gasteiger charge is 2.26. The van der Waals surface area contributed by atoms with Gasteiger partial charge in [0.15, 0.2) is 0 Å². The molecule has 1 aromatic rings. The highest BCUT2D eigenvalue weighted by atomic mass is 16.2. The van der Waals surface area contributed by atoms with Crippen molar-refractivity contribution in [3.8, 4) is 0 Å². The van der Waals surface area contributed by atoms with Crippen LogP contribution >= 0.6 is 0 Å². The molecule has 0 atom stereocenters. The Balaban J connectivity index is 2.28. The Kier molecular flexibility index (Phi) is 2.54. The summed E-state index contributed by atoms with van der Waals surface area (Å²) in [6.45, 7) is 4.11. The van der Waals surface area contributed by atoms with Crippen molar-refractivity contribution in [1.29, 1.82) is 0 Å². The van der Waals surface area contributed by atoms with E-state index in [1.54, 1.807) is 0 Å². The fourth-order valence-electron chi connectivity index (χ4n) is 1.54. The van der Waals surface area contributed by atoms with Gasteiger partial charge < -0.3 is 0 Å². The first-order valence-electron chi connectivity index (χ1n) is 5.14. The lowest BCUT2D eigenvalue weighted by Gasteiger charge is -2.10. The third kappa shape index (κ3) is 1.91. The lowest BCUT2D eigenvalue weighted by molar-refractivity contribution is -0.116. The summed E-state index contributed by atoms with van der Waals surface area (Å²) < 4.78 is 0. The molecule has 0 bridgehead atoms. The first-order valence-corrected chi connectivity index (χ1v) is 5.14. The van der Waals surface area contributed by atoms with Gasteiger partial charge in [-0.05, 0) is 18.1 Å². The topological polar surface area (TPSA) is 32.7 Å². The van der Waals surface area contributed by atoms with Gasteiger partial charge in [0.05, 0.1) is 17.8 Å². The molecule has 1 amide bonds. The Morgan fingerprint density at radius 2 is 1.93 bits per heavy atom. The summed E-state index contributed by atoms with van der Waals surface area (Å²) in [5, 5.41) is 5.83. The van der Waals surface area contributed by atoms with Crippen LogP contribution in [0, 0.1) is 5.92 Å². The summed E-state index contributed by atoms with van der Waals surface area (Å²) >= 11 is 0. The second-order valence-corrected chi connectivity index (χ2v) is 3.96. The average Bonchev–Trinajstić information content (AvgIpc) is 2.62. The van der Waals surface area contributed by atoms with E-state index in [9.17, 15) is 4.79 Å². The zero-order valence-corrected chi connectivity index (χ0v) is 8.97. The van der Waals surface area contributed by atoms with E-state index in [2.05, 4.69) is 18.9 Å². The standard InChI is InChI=1S/C12H14N2O/c1-9(2)11-8-12(15)14(13-11)10-6-4-3-5-7-10/h3-7,9H,8H2,1-2H3. The fourth-order valence-corrected chi connectivity index (χ4v) is 1.54. The van der Waals surface area contributed by atoms with Crippen LogP contribution in [0.15, 0.2) is 35.4 Å². The van der Waals surface area contributed by atoms with E-state index in [4.69, 9.17) is 0 Å². The number of anilines is 1. The van der Waals surface area contributed by atoms with E-state index in [0.29, 0.717) is 12.3 Å². The van der Waals surface area contributed by atoms with E-state index in [-0.39, 0.29) is 5.91 Å². The quantitative estimate of drug-likeness (QED) is 0.725. The van der Waals surface area contributed by atoms with E-state index in [1.165, 1.54) is 5.01 Å². The van der Waals surface area contributed by atoms with Crippen LogP contribution in [0.3, 0.4) is 0 Å². The molecule has 0 aromatic heterocycles. The molecule has 0 radical (unpaired) electrons. The number of hydrogen-bond donors (Lipinski definition) is 0. The van der Waals surface area contributed by atoms with Gasteiger partial charge in [-0.1, -0.05) is 32.0 Å². The van der Waals surface area contributed by atoms with Gasteiger partial charge in [0.1, 0.15) is 0 Å². The van der Waals surface area contributed by atoms with Gasteiger partial charge in [0.25, 0.3) is 5.91 Å². The number of para-hydroxylation sites is 1. The van der Waals surface area contributed by atoms with Gasteiger partial charge in [0, 0.05) is 0 Å². The van der Waals surface area contributed by atoms with E-state index >= 15 is 0 Å². The number of rotatable bonds is 2. The normalized spacial score (nSPS) is 16.1. The number of hydrogen-bond acceptors (Lipinski definition) is 2. The molecule has 0 N–H and O–H groups in total. The smallest absolute Gasteiger partial charge is 0.253 e. The molecule has 3 nitrogen and oxygen atoms in total. The predicted octanol–water partition coefficient (Wildman–Crippen LogP) is 2.44. The Hall–Kier alpha value is -1.64. The molecule has 1 aliphatic heterocycles. The van der Waals surface area contributed by atoms with Crippen molar-refractivity contribution in [1.82, 2.24) is 0 Å². The van der Waals surface area contributed by atoms with Crippen molar-refractivity contribution in [3.05, 3.63) is 30.3 Å². The predicted molar refractivity (Wildman–Crippen MR) is 60.8 cm³/mol. The highest BCUT2D eigenvalue weighted by molar-refractivity contribution is 6.13. The third-order valence-corrected chi connectivity index (χ3v) is 2.46. The van der Waals surface area contributed by atoms with Crippen LogP contribution in [0.25, 0.3) is 0 Å². The summed E-state index contributed by atoms with van der Waals surface area (Å²) in [6, 6.07) is 9.53. The molecule has 3 heteroatoms. The molecule has 2 rings (SSSR count). The van der Waals surface area contributed by atoms with Crippen LogP contribution in [0.4, 0.5) is 5.69 Å². The van der Waals surface area contributed by atoms with Crippen molar-refractivity contribution in [2.75, 3.05) is 5.01 Å². The molecule has 0 saturated heterocycles. The van der Waals surface area contributed by atoms with Gasteiger partial charge in [-0.3, -0.25) is 4.79 Å². The fraction of sp³-hybridized carbons (Fsp3) is 0.333. The van der Waals surface area contributed by atoms with Crippen molar-refractivity contribution >= 4 is 17.3 Å². The summed E-state index contributed by atoms with van der Waals surface area (Å²) in [5.41, 5.74) is 1.81. The number of carbonyl (C=O) groups is 1. The third-order valence-electron chi connectivity index (χ3n) is 2.46. The number of hydrazone groups is 1. The molecule has 78 valence electrons. The zero-order chi connectivity index (χ0) is 10.8. The average molecular weight is 202 g/mol. The van der Waals surface area contributed by atoms with Gasteiger partial charge in [-0.15, -0.1) is 0 Å². The SMILES string of the molecule is CC(C)C1=NN(c2ccccc2)C(=O)C1. The molecule has 0 fully saturated rings. The first kappa shape index (κ1) is 9.90. The summed E-state index contributed by atoms with van der Waals surface area (Å²) in [6.07, 6.45) is 0.451. The molecule has 1 aromatic carbocycles. The summed E-state index contributed by atoms with van der Waals surface area (Å²) in [5.74, 6) is 0.396. The van der Waals surface area contributed by atoms with Crippen LogP contribution in [0.2, 0.25) is 0 Å². The van der Waals surface area contributed by atoms with E-state index in [0.717, 1.165) is 11.4 Å². The Labute approximate surface area is 89.4 Å². The van der Waals surface area contributed by atoms with Crippen molar-refractivity contribution < 1.29 is 4.79 Å². The maximum Gasteiger partial charge on any atom is 0.253 e. The van der Waals surface area contributed by atoms with Crippen LogP contribution in [-0.2, 0) is 4.79 Å². The van der Waals surface area contributed by atoms with Crippen LogP contribution < -0.4 is 5.01 Å². The highest BCUT2D eigenvalue weighted by Crippen LogP contribution is 2.21. The van der Waals surface area contributed by atoms with Crippen LogP contribution in [0.5, 0.6) is 0 Å². The second-order valence-electron chi connectivity index (χ2n) is 3.96. The molecule has 0 saturated carbocycles. The molecule has 1 heterocycles. The summed E-state index contributed by atoms with van der Waals surface area (Å²) in [7, 11) is 0.